The highest BCUT2D eigenvalue weighted by molar-refractivity contribution is 14.1. The van der Waals surface area contributed by atoms with Gasteiger partial charge in [-0.05, 0) is 92.2 Å². The highest BCUT2D eigenvalue weighted by Gasteiger charge is 2.19. The van der Waals surface area contributed by atoms with Gasteiger partial charge >= 0.3 is 0 Å². The van der Waals surface area contributed by atoms with Crippen LogP contribution in [-0.4, -0.2) is 30.9 Å². The van der Waals surface area contributed by atoms with Crippen molar-refractivity contribution in [3.8, 4) is 0 Å². The van der Waals surface area contributed by atoms with Gasteiger partial charge < -0.3 is 10.2 Å². The molecular formula is C15H21IN2O. The maximum Gasteiger partial charge on any atom is 0.224 e. The summed E-state index contributed by atoms with van der Waals surface area (Å²) in [6.45, 7) is 4.26. The third kappa shape index (κ3) is 4.45. The van der Waals surface area contributed by atoms with Gasteiger partial charge in [-0.3, -0.25) is 4.79 Å². The van der Waals surface area contributed by atoms with Crippen LogP contribution in [0.1, 0.15) is 24.8 Å². The van der Waals surface area contributed by atoms with E-state index in [0.29, 0.717) is 12.3 Å². The average molecular weight is 372 g/mol. The molecule has 1 aliphatic heterocycles. The summed E-state index contributed by atoms with van der Waals surface area (Å²) in [5.41, 5.74) is 2.07. The molecule has 0 radical (unpaired) electrons. The first kappa shape index (κ1) is 14.8. The first-order chi connectivity index (χ1) is 9.04. The number of benzene rings is 1. The lowest BCUT2D eigenvalue weighted by Gasteiger charge is -2.28. The normalized spacial score (nSPS) is 17.4. The number of carbonyl (C=O) groups is 1. The van der Waals surface area contributed by atoms with Gasteiger partial charge in [0.25, 0.3) is 0 Å². The molecule has 0 unspecified atom stereocenters. The summed E-state index contributed by atoms with van der Waals surface area (Å²) in [6.07, 6.45) is 2.92. The molecule has 19 heavy (non-hydrogen) atoms. The quantitative estimate of drug-likeness (QED) is 0.827. The lowest BCUT2D eigenvalue weighted by molar-refractivity contribution is -0.117. The Morgan fingerprint density at radius 2 is 2.11 bits per heavy atom. The second kappa shape index (κ2) is 6.70. The predicted octanol–water partition coefficient (Wildman–Crippen LogP) is 3.27. The highest BCUT2D eigenvalue weighted by Crippen LogP contribution is 2.22. The monoisotopic (exact) mass is 372 g/mol. The number of nitrogens with one attached hydrogen (secondary N) is 1. The van der Waals surface area contributed by atoms with E-state index in [9.17, 15) is 4.79 Å². The Hall–Kier alpha value is -0.620. The predicted molar refractivity (Wildman–Crippen MR) is 87.4 cm³/mol. The summed E-state index contributed by atoms with van der Waals surface area (Å²) in [4.78, 5) is 14.4. The van der Waals surface area contributed by atoms with Crippen LogP contribution in [0.15, 0.2) is 18.2 Å². The molecule has 2 rings (SSSR count). The summed E-state index contributed by atoms with van der Waals surface area (Å²) in [5, 5.41) is 3.04. The molecule has 104 valence electrons. The van der Waals surface area contributed by atoms with Crippen LogP contribution >= 0.6 is 22.6 Å². The van der Waals surface area contributed by atoms with Gasteiger partial charge in [0.2, 0.25) is 5.91 Å². The number of carbonyl (C=O) groups excluding carboxylic acids is 1. The second-order valence-electron chi connectivity index (χ2n) is 5.46. The number of likely N-dealkylation sites (tertiary alicyclic amines) is 1. The first-order valence-corrected chi connectivity index (χ1v) is 7.87. The van der Waals surface area contributed by atoms with Crippen LogP contribution in [-0.2, 0) is 4.79 Å². The van der Waals surface area contributed by atoms with Crippen molar-refractivity contribution in [2.75, 3.05) is 25.5 Å². The van der Waals surface area contributed by atoms with E-state index < -0.39 is 0 Å². The molecule has 0 bridgehead atoms. The lowest BCUT2D eigenvalue weighted by Crippen LogP contribution is -2.32. The molecular weight excluding hydrogens is 351 g/mol. The van der Waals surface area contributed by atoms with Crippen molar-refractivity contribution in [1.29, 1.82) is 0 Å². The van der Waals surface area contributed by atoms with E-state index in [4.69, 9.17) is 0 Å². The third-order valence-corrected chi connectivity index (χ3v) is 4.45. The summed E-state index contributed by atoms with van der Waals surface area (Å²) in [6, 6.07) is 6.11. The fourth-order valence-electron chi connectivity index (χ4n) is 2.50. The fourth-order valence-corrected chi connectivity index (χ4v) is 3.14. The van der Waals surface area contributed by atoms with Gasteiger partial charge in [0, 0.05) is 15.7 Å². The number of halogens is 1. The van der Waals surface area contributed by atoms with E-state index in [-0.39, 0.29) is 5.91 Å². The van der Waals surface area contributed by atoms with Gasteiger partial charge in [0.05, 0.1) is 0 Å². The van der Waals surface area contributed by atoms with Crippen molar-refractivity contribution in [3.63, 3.8) is 0 Å². The molecule has 0 spiro atoms. The van der Waals surface area contributed by atoms with Crippen molar-refractivity contribution in [3.05, 3.63) is 27.3 Å². The summed E-state index contributed by atoms with van der Waals surface area (Å²) >= 11 is 2.28. The van der Waals surface area contributed by atoms with Crippen LogP contribution in [0.5, 0.6) is 0 Å². The molecule has 4 heteroatoms. The summed E-state index contributed by atoms with van der Waals surface area (Å²) in [5.74, 6) is 0.694. The van der Waals surface area contributed by atoms with Gasteiger partial charge in [-0.2, -0.15) is 0 Å². The number of aryl methyl sites for hydroxylation is 1. The Morgan fingerprint density at radius 1 is 1.42 bits per heavy atom. The third-order valence-electron chi connectivity index (χ3n) is 3.77. The van der Waals surface area contributed by atoms with Gasteiger partial charge in [-0.1, -0.05) is 0 Å². The molecule has 0 saturated carbocycles. The Bertz CT molecular complexity index is 453. The first-order valence-electron chi connectivity index (χ1n) is 6.79. The minimum atomic E-state index is 0.152. The van der Waals surface area contributed by atoms with Crippen LogP contribution < -0.4 is 5.32 Å². The zero-order valence-electron chi connectivity index (χ0n) is 11.6. The molecule has 1 aromatic rings. The zero-order valence-corrected chi connectivity index (χ0v) is 13.7. The number of piperidine rings is 1. The van der Waals surface area contributed by atoms with Crippen molar-refractivity contribution >= 4 is 34.2 Å². The van der Waals surface area contributed by atoms with Crippen LogP contribution in [0, 0.1) is 16.4 Å². The van der Waals surface area contributed by atoms with E-state index in [1.807, 2.05) is 19.1 Å². The number of anilines is 1. The van der Waals surface area contributed by atoms with Crippen LogP contribution in [0.25, 0.3) is 0 Å². The number of hydrogen-bond acceptors (Lipinski definition) is 2. The molecule has 1 saturated heterocycles. The van der Waals surface area contributed by atoms with Gasteiger partial charge in [0.1, 0.15) is 0 Å². The van der Waals surface area contributed by atoms with Crippen molar-refractivity contribution in [2.24, 2.45) is 5.92 Å². The van der Waals surface area contributed by atoms with E-state index >= 15 is 0 Å². The minimum Gasteiger partial charge on any atom is -0.326 e. The van der Waals surface area contributed by atoms with Crippen LogP contribution in [0.2, 0.25) is 0 Å². The fraction of sp³-hybridized carbons (Fsp3) is 0.533. The molecule has 1 aromatic carbocycles. The van der Waals surface area contributed by atoms with Gasteiger partial charge in [-0.25, -0.2) is 0 Å². The molecule has 1 aliphatic rings. The molecule has 0 aromatic heterocycles. The Kier molecular flexibility index (Phi) is 5.21. The van der Waals surface area contributed by atoms with Crippen molar-refractivity contribution in [1.82, 2.24) is 4.90 Å². The number of hydrogen-bond donors (Lipinski definition) is 1. The Labute approximate surface area is 128 Å². The number of rotatable bonds is 3. The van der Waals surface area contributed by atoms with E-state index in [1.54, 1.807) is 0 Å². The highest BCUT2D eigenvalue weighted by atomic mass is 127. The molecule has 1 amide bonds. The van der Waals surface area contributed by atoms with E-state index in [0.717, 1.165) is 37.2 Å². The van der Waals surface area contributed by atoms with Crippen molar-refractivity contribution in [2.45, 2.75) is 26.2 Å². The molecule has 1 heterocycles. The second-order valence-corrected chi connectivity index (χ2v) is 6.70. The summed E-state index contributed by atoms with van der Waals surface area (Å²) in [7, 11) is 2.14. The number of nitrogens with zero attached hydrogens (tertiary/aromatic N) is 1. The zero-order chi connectivity index (χ0) is 13.8. The maximum atomic E-state index is 12.1. The number of amides is 1. The lowest BCUT2D eigenvalue weighted by atomic mass is 9.93. The summed E-state index contributed by atoms with van der Waals surface area (Å²) < 4.78 is 1.20. The molecule has 3 nitrogen and oxygen atoms in total. The molecule has 0 aliphatic carbocycles. The van der Waals surface area contributed by atoms with Crippen LogP contribution in [0.3, 0.4) is 0 Å². The minimum absolute atomic E-state index is 0.152. The standard InChI is InChI=1S/C15H21IN2O/c1-11-9-13(16)3-4-14(11)17-15(19)10-12-5-7-18(2)8-6-12/h3-4,9,12H,5-8,10H2,1-2H3,(H,17,19). The maximum absolute atomic E-state index is 12.1. The molecule has 0 atom stereocenters. The SMILES string of the molecule is Cc1cc(I)ccc1NC(=O)CC1CCN(C)CC1. The average Bonchev–Trinajstić information content (AvgIpc) is 2.36. The van der Waals surface area contributed by atoms with E-state index in [2.05, 4.69) is 45.9 Å². The largest absolute Gasteiger partial charge is 0.326 e. The van der Waals surface area contributed by atoms with Crippen molar-refractivity contribution < 1.29 is 4.79 Å². The van der Waals surface area contributed by atoms with Crippen LogP contribution in [0.4, 0.5) is 5.69 Å². The molecule has 1 fully saturated rings. The van der Waals surface area contributed by atoms with E-state index in [1.165, 1.54) is 3.57 Å². The molecule has 1 N–H and O–H groups in total. The van der Waals surface area contributed by atoms with Gasteiger partial charge in [-0.15, -0.1) is 0 Å². The Balaban J connectivity index is 1.87. The van der Waals surface area contributed by atoms with Gasteiger partial charge in [0.15, 0.2) is 0 Å². The Morgan fingerprint density at radius 3 is 2.74 bits per heavy atom. The topological polar surface area (TPSA) is 32.3 Å². The smallest absolute Gasteiger partial charge is 0.224 e.